The summed E-state index contributed by atoms with van der Waals surface area (Å²) < 4.78 is 0. The highest BCUT2D eigenvalue weighted by Crippen LogP contribution is 2.26. The molecule has 0 aliphatic carbocycles. The van der Waals surface area contributed by atoms with Crippen LogP contribution < -0.4 is 11.1 Å². The molecule has 1 aliphatic rings. The van der Waals surface area contributed by atoms with Crippen molar-refractivity contribution in [1.29, 1.82) is 0 Å². The lowest BCUT2D eigenvalue weighted by Crippen LogP contribution is -2.33. The van der Waals surface area contributed by atoms with Crippen LogP contribution in [0.25, 0.3) is 0 Å². The first-order chi connectivity index (χ1) is 11.5. The summed E-state index contributed by atoms with van der Waals surface area (Å²) in [5.41, 5.74) is 9.16. The number of carbonyl (C=O) groups is 1. The molecule has 1 heterocycles. The van der Waals surface area contributed by atoms with Gasteiger partial charge in [-0.15, -0.1) is 12.4 Å². The summed E-state index contributed by atoms with van der Waals surface area (Å²) in [5, 5.41) is 3.59. The molecule has 0 radical (unpaired) electrons. The smallest absolute Gasteiger partial charge is 0.238 e. The number of carbonyl (C=O) groups excluding carboxylic acids is 1. The molecule has 25 heavy (non-hydrogen) atoms. The monoisotopic (exact) mass is 379 g/mol. The second-order valence-electron chi connectivity index (χ2n) is 6.34. The van der Waals surface area contributed by atoms with Crippen molar-refractivity contribution >= 4 is 35.6 Å². The van der Waals surface area contributed by atoms with E-state index in [9.17, 15) is 4.79 Å². The standard InChI is InChI=1S/C19H22ClN3O.ClH/c1-13-16(20)8-5-9-18(13)22-19(24)12-23-10-15(17(21)11-23)14-6-3-2-4-7-14;/h2-9,15,17H,10-12,21H2,1H3,(H,22,24);1H/t15-,17+;/m0./s1. The molecule has 0 saturated carbocycles. The number of benzene rings is 2. The van der Waals surface area contributed by atoms with E-state index in [2.05, 4.69) is 22.3 Å². The maximum Gasteiger partial charge on any atom is 0.238 e. The average Bonchev–Trinajstić information content (AvgIpc) is 2.93. The lowest BCUT2D eigenvalue weighted by molar-refractivity contribution is -0.117. The number of halogens is 2. The van der Waals surface area contributed by atoms with Crippen LogP contribution in [0.4, 0.5) is 5.69 Å². The van der Waals surface area contributed by atoms with Gasteiger partial charge >= 0.3 is 0 Å². The Labute approximate surface area is 159 Å². The van der Waals surface area contributed by atoms with Crippen molar-refractivity contribution in [1.82, 2.24) is 4.90 Å². The number of nitrogens with zero attached hydrogens (tertiary/aromatic N) is 1. The summed E-state index contributed by atoms with van der Waals surface area (Å²) in [7, 11) is 0. The van der Waals surface area contributed by atoms with Crippen LogP contribution in [0.1, 0.15) is 17.0 Å². The Morgan fingerprint density at radius 1 is 1.20 bits per heavy atom. The first-order valence-corrected chi connectivity index (χ1v) is 8.50. The minimum absolute atomic E-state index is 0. The van der Waals surface area contributed by atoms with Crippen molar-refractivity contribution in [3.8, 4) is 0 Å². The Bertz CT molecular complexity index is 724. The normalized spacial score (nSPS) is 20.1. The third-order valence-corrected chi connectivity index (χ3v) is 4.99. The van der Waals surface area contributed by atoms with Gasteiger partial charge in [0.2, 0.25) is 5.91 Å². The Morgan fingerprint density at radius 2 is 1.92 bits per heavy atom. The van der Waals surface area contributed by atoms with Gasteiger partial charge in [-0.1, -0.05) is 48.0 Å². The molecule has 0 bridgehead atoms. The molecule has 0 spiro atoms. The average molecular weight is 380 g/mol. The van der Waals surface area contributed by atoms with Gasteiger partial charge in [-0.25, -0.2) is 0 Å². The van der Waals surface area contributed by atoms with Crippen molar-refractivity contribution in [2.45, 2.75) is 18.9 Å². The van der Waals surface area contributed by atoms with Gasteiger partial charge in [0.1, 0.15) is 0 Å². The molecule has 3 rings (SSSR count). The number of amides is 1. The van der Waals surface area contributed by atoms with Crippen LogP contribution in [0.15, 0.2) is 48.5 Å². The number of nitrogens with two attached hydrogens (primary N) is 1. The highest BCUT2D eigenvalue weighted by atomic mass is 35.5. The van der Waals surface area contributed by atoms with Gasteiger partial charge in [0.05, 0.1) is 6.54 Å². The Morgan fingerprint density at radius 3 is 2.64 bits per heavy atom. The van der Waals surface area contributed by atoms with E-state index in [0.717, 1.165) is 24.3 Å². The van der Waals surface area contributed by atoms with Gasteiger partial charge in [-0.2, -0.15) is 0 Å². The highest BCUT2D eigenvalue weighted by Gasteiger charge is 2.32. The second-order valence-corrected chi connectivity index (χ2v) is 6.74. The summed E-state index contributed by atoms with van der Waals surface area (Å²) in [6, 6.07) is 15.8. The van der Waals surface area contributed by atoms with E-state index >= 15 is 0 Å². The van der Waals surface area contributed by atoms with Gasteiger partial charge in [0.15, 0.2) is 0 Å². The van der Waals surface area contributed by atoms with E-state index in [1.807, 2.05) is 43.3 Å². The van der Waals surface area contributed by atoms with E-state index in [1.54, 1.807) is 0 Å². The fraction of sp³-hybridized carbons (Fsp3) is 0.316. The zero-order valence-electron chi connectivity index (χ0n) is 14.1. The predicted molar refractivity (Wildman–Crippen MR) is 106 cm³/mol. The van der Waals surface area contributed by atoms with Gasteiger partial charge in [-0.3, -0.25) is 9.69 Å². The van der Waals surface area contributed by atoms with E-state index < -0.39 is 0 Å². The van der Waals surface area contributed by atoms with Crippen molar-refractivity contribution in [3.05, 3.63) is 64.7 Å². The van der Waals surface area contributed by atoms with E-state index in [0.29, 0.717) is 11.6 Å². The van der Waals surface area contributed by atoms with Crippen LogP contribution in [0.5, 0.6) is 0 Å². The van der Waals surface area contributed by atoms with Gasteiger partial charge in [0, 0.05) is 35.8 Å². The van der Waals surface area contributed by atoms with E-state index in [-0.39, 0.29) is 30.3 Å². The topological polar surface area (TPSA) is 58.4 Å². The number of likely N-dealkylation sites (tertiary alicyclic amines) is 1. The number of nitrogens with one attached hydrogen (secondary N) is 1. The highest BCUT2D eigenvalue weighted by molar-refractivity contribution is 6.31. The Balaban J connectivity index is 0.00000225. The molecule has 0 unspecified atom stereocenters. The number of anilines is 1. The van der Waals surface area contributed by atoms with Gasteiger partial charge in [-0.05, 0) is 30.2 Å². The molecule has 6 heteroatoms. The Hall–Kier alpha value is -1.59. The molecular weight excluding hydrogens is 357 g/mol. The molecule has 1 fully saturated rings. The second kappa shape index (κ2) is 8.68. The zero-order chi connectivity index (χ0) is 17.1. The zero-order valence-corrected chi connectivity index (χ0v) is 15.7. The lowest BCUT2D eigenvalue weighted by Gasteiger charge is -2.16. The van der Waals surface area contributed by atoms with Crippen molar-refractivity contribution in [3.63, 3.8) is 0 Å². The van der Waals surface area contributed by atoms with Crippen LogP contribution in [0, 0.1) is 6.92 Å². The van der Waals surface area contributed by atoms with Crippen LogP contribution in [-0.4, -0.2) is 36.5 Å². The minimum Gasteiger partial charge on any atom is -0.326 e. The number of hydrogen-bond acceptors (Lipinski definition) is 3. The van der Waals surface area contributed by atoms with Crippen LogP contribution in [-0.2, 0) is 4.79 Å². The Kier molecular flexibility index (Phi) is 6.85. The predicted octanol–water partition coefficient (Wildman–Crippen LogP) is 3.44. The molecular formula is C19H23Cl2N3O. The molecule has 1 saturated heterocycles. The fourth-order valence-electron chi connectivity index (χ4n) is 3.23. The minimum atomic E-state index is -0.0405. The van der Waals surface area contributed by atoms with Crippen LogP contribution in [0.3, 0.4) is 0 Å². The van der Waals surface area contributed by atoms with Gasteiger partial charge < -0.3 is 11.1 Å². The summed E-state index contributed by atoms with van der Waals surface area (Å²) in [4.78, 5) is 14.5. The van der Waals surface area contributed by atoms with Crippen LogP contribution >= 0.6 is 24.0 Å². The van der Waals surface area contributed by atoms with E-state index in [1.165, 1.54) is 5.56 Å². The molecule has 2 atom stereocenters. The molecule has 1 amide bonds. The first-order valence-electron chi connectivity index (χ1n) is 8.12. The quantitative estimate of drug-likeness (QED) is 0.855. The van der Waals surface area contributed by atoms with Crippen molar-refractivity contribution in [2.75, 3.05) is 25.0 Å². The maximum absolute atomic E-state index is 12.3. The number of hydrogen-bond donors (Lipinski definition) is 2. The van der Waals surface area contributed by atoms with Crippen molar-refractivity contribution in [2.24, 2.45) is 5.73 Å². The SMILES string of the molecule is Cc1c(Cl)cccc1NC(=O)CN1C[C@@H](N)[C@H](c2ccccc2)C1.Cl. The molecule has 3 N–H and O–H groups in total. The van der Waals surface area contributed by atoms with Crippen LogP contribution in [0.2, 0.25) is 5.02 Å². The summed E-state index contributed by atoms with van der Waals surface area (Å²) in [5.74, 6) is 0.230. The first kappa shape index (κ1) is 19.7. The van der Waals surface area contributed by atoms with E-state index in [4.69, 9.17) is 17.3 Å². The van der Waals surface area contributed by atoms with Crippen molar-refractivity contribution < 1.29 is 4.79 Å². The largest absolute Gasteiger partial charge is 0.326 e. The summed E-state index contributed by atoms with van der Waals surface area (Å²) >= 11 is 6.10. The lowest BCUT2D eigenvalue weighted by atomic mass is 9.95. The molecule has 1 aliphatic heterocycles. The summed E-state index contributed by atoms with van der Waals surface area (Å²) in [6.07, 6.45) is 0. The third-order valence-electron chi connectivity index (χ3n) is 4.58. The molecule has 2 aromatic rings. The molecule has 134 valence electrons. The van der Waals surface area contributed by atoms with Gasteiger partial charge in [0.25, 0.3) is 0 Å². The fourth-order valence-corrected chi connectivity index (χ4v) is 3.41. The molecule has 2 aromatic carbocycles. The molecule has 4 nitrogen and oxygen atoms in total. The summed E-state index contributed by atoms with van der Waals surface area (Å²) in [6.45, 7) is 3.76. The number of rotatable bonds is 4. The third kappa shape index (κ3) is 4.73. The maximum atomic E-state index is 12.3. The molecule has 0 aromatic heterocycles.